The molecule has 0 fully saturated rings. The fourth-order valence-corrected chi connectivity index (χ4v) is 2.44. The summed E-state index contributed by atoms with van der Waals surface area (Å²) >= 11 is 1.09. The van der Waals surface area contributed by atoms with Gasteiger partial charge in [-0.1, -0.05) is 11.3 Å². The van der Waals surface area contributed by atoms with Crippen molar-refractivity contribution in [3.63, 3.8) is 0 Å². The molecule has 21 heavy (non-hydrogen) atoms. The summed E-state index contributed by atoms with van der Waals surface area (Å²) < 4.78 is 0.570. The molecule has 0 bridgehead atoms. The first-order valence-corrected chi connectivity index (χ1v) is 6.69. The minimum Gasteiger partial charge on any atom is -0.394 e. The largest absolute Gasteiger partial charge is 0.394 e. The summed E-state index contributed by atoms with van der Waals surface area (Å²) in [6, 6.07) is 2.81. The molecule has 0 aliphatic heterocycles. The highest BCUT2D eigenvalue weighted by Gasteiger charge is 2.14. The normalized spacial score (nSPS) is 10.8. The number of hydrogen-bond acceptors (Lipinski definition) is 7. The summed E-state index contributed by atoms with van der Waals surface area (Å²) in [5, 5.41) is 33.4. The lowest BCUT2D eigenvalue weighted by atomic mass is 10.3. The molecule has 0 saturated carbocycles. The number of aliphatic hydroxyl groups is 2. The van der Waals surface area contributed by atoms with Gasteiger partial charge in [-0.25, -0.2) is 9.78 Å². The number of anilines is 1. The summed E-state index contributed by atoms with van der Waals surface area (Å²) in [5.74, 6) is 0. The number of carbonyl (C=O) groups is 1. The molecule has 0 unspecified atom stereocenters. The van der Waals surface area contributed by atoms with Crippen LogP contribution in [0.3, 0.4) is 0 Å². The minimum absolute atomic E-state index is 0.0530. The number of nitro groups is 1. The lowest BCUT2D eigenvalue weighted by Gasteiger charge is -2.12. The molecule has 0 aliphatic carbocycles. The number of urea groups is 1. The Labute approximate surface area is 122 Å². The van der Waals surface area contributed by atoms with Gasteiger partial charge in [-0.2, -0.15) is 0 Å². The van der Waals surface area contributed by atoms with Crippen LogP contribution in [0.2, 0.25) is 0 Å². The van der Waals surface area contributed by atoms with Crippen LogP contribution in [0.15, 0.2) is 18.2 Å². The van der Waals surface area contributed by atoms with E-state index >= 15 is 0 Å². The second-order valence-electron chi connectivity index (χ2n) is 4.09. The van der Waals surface area contributed by atoms with Crippen molar-refractivity contribution in [2.45, 2.75) is 6.04 Å². The van der Waals surface area contributed by atoms with Gasteiger partial charge < -0.3 is 15.5 Å². The fraction of sp³-hybridized carbons (Fsp3) is 0.273. The Morgan fingerprint density at radius 3 is 2.76 bits per heavy atom. The molecular weight excluding hydrogens is 300 g/mol. The van der Waals surface area contributed by atoms with Crippen molar-refractivity contribution in [3.8, 4) is 0 Å². The number of nitro benzene ring substituents is 1. The van der Waals surface area contributed by atoms with E-state index in [0.29, 0.717) is 10.2 Å². The van der Waals surface area contributed by atoms with Crippen LogP contribution in [0, 0.1) is 10.1 Å². The summed E-state index contributed by atoms with van der Waals surface area (Å²) in [7, 11) is 0. The monoisotopic (exact) mass is 312 g/mol. The van der Waals surface area contributed by atoms with E-state index in [9.17, 15) is 14.9 Å². The number of non-ortho nitro benzene ring substituents is 1. The Bertz CT molecular complexity index is 670. The third-order valence-corrected chi connectivity index (χ3v) is 3.51. The molecule has 2 aromatic rings. The Balaban J connectivity index is 2.12. The van der Waals surface area contributed by atoms with Crippen molar-refractivity contribution < 1.29 is 19.9 Å². The number of nitrogens with zero attached hydrogens (tertiary/aromatic N) is 2. The maximum Gasteiger partial charge on any atom is 0.321 e. The number of thiazole rings is 1. The molecule has 2 rings (SSSR count). The number of aromatic nitrogens is 1. The van der Waals surface area contributed by atoms with Crippen LogP contribution in [-0.4, -0.2) is 45.4 Å². The van der Waals surface area contributed by atoms with E-state index in [4.69, 9.17) is 10.2 Å². The average molecular weight is 312 g/mol. The van der Waals surface area contributed by atoms with Crippen LogP contribution in [0.25, 0.3) is 10.2 Å². The first-order chi connectivity index (χ1) is 10.0. The molecule has 1 heterocycles. The van der Waals surface area contributed by atoms with Gasteiger partial charge in [0.2, 0.25) is 0 Å². The van der Waals surface area contributed by atoms with Crippen LogP contribution in [0.5, 0.6) is 0 Å². The molecule has 10 heteroatoms. The van der Waals surface area contributed by atoms with Crippen molar-refractivity contribution in [1.82, 2.24) is 10.3 Å². The van der Waals surface area contributed by atoms with Crippen LogP contribution >= 0.6 is 11.3 Å². The fourth-order valence-electron chi connectivity index (χ4n) is 1.55. The van der Waals surface area contributed by atoms with E-state index in [2.05, 4.69) is 15.6 Å². The van der Waals surface area contributed by atoms with Crippen LogP contribution in [-0.2, 0) is 0 Å². The van der Waals surface area contributed by atoms with E-state index in [1.165, 1.54) is 18.2 Å². The van der Waals surface area contributed by atoms with Gasteiger partial charge in [-0.15, -0.1) is 0 Å². The zero-order valence-corrected chi connectivity index (χ0v) is 11.5. The number of fused-ring (bicyclic) bond motifs is 1. The summed E-state index contributed by atoms with van der Waals surface area (Å²) in [6.07, 6.45) is 0. The molecule has 1 aromatic carbocycles. The van der Waals surface area contributed by atoms with E-state index in [0.717, 1.165) is 11.3 Å². The van der Waals surface area contributed by atoms with E-state index in [1.54, 1.807) is 0 Å². The number of rotatable bonds is 5. The lowest BCUT2D eigenvalue weighted by molar-refractivity contribution is -0.384. The minimum atomic E-state index is -0.763. The Morgan fingerprint density at radius 1 is 1.43 bits per heavy atom. The summed E-state index contributed by atoms with van der Waals surface area (Å²) in [5.41, 5.74) is 0.476. The van der Waals surface area contributed by atoms with E-state index in [-0.39, 0.29) is 10.8 Å². The number of nitrogens with one attached hydrogen (secondary N) is 2. The highest BCUT2D eigenvalue weighted by atomic mass is 32.1. The molecule has 0 saturated heterocycles. The number of benzene rings is 1. The molecular formula is C11H12N4O5S. The van der Waals surface area contributed by atoms with E-state index in [1.807, 2.05) is 0 Å². The van der Waals surface area contributed by atoms with Crippen molar-refractivity contribution in [1.29, 1.82) is 0 Å². The van der Waals surface area contributed by atoms with Gasteiger partial charge in [0.15, 0.2) is 5.13 Å². The maximum absolute atomic E-state index is 11.6. The second-order valence-corrected chi connectivity index (χ2v) is 5.12. The molecule has 1 aromatic heterocycles. The summed E-state index contributed by atoms with van der Waals surface area (Å²) in [4.78, 5) is 25.9. The number of hydrogen-bond donors (Lipinski definition) is 4. The predicted molar refractivity (Wildman–Crippen MR) is 76.4 cm³/mol. The quantitative estimate of drug-likeness (QED) is 0.473. The third-order valence-electron chi connectivity index (χ3n) is 2.58. The van der Waals surface area contributed by atoms with Gasteiger partial charge in [0, 0.05) is 12.1 Å². The number of aliphatic hydroxyl groups excluding tert-OH is 2. The van der Waals surface area contributed by atoms with Gasteiger partial charge in [0.1, 0.15) is 0 Å². The maximum atomic E-state index is 11.6. The molecule has 112 valence electrons. The zero-order chi connectivity index (χ0) is 15.4. The molecule has 2 amide bonds. The van der Waals surface area contributed by atoms with Crippen molar-refractivity contribution >= 4 is 38.4 Å². The SMILES string of the molecule is O=C(Nc1nc2ccc([N+](=O)[O-])cc2s1)NC(CO)CO. The first-order valence-electron chi connectivity index (χ1n) is 5.87. The van der Waals surface area contributed by atoms with Crippen LogP contribution < -0.4 is 10.6 Å². The topological polar surface area (TPSA) is 138 Å². The van der Waals surface area contributed by atoms with Crippen molar-refractivity contribution in [2.24, 2.45) is 0 Å². The van der Waals surface area contributed by atoms with Gasteiger partial charge in [0.05, 0.1) is 34.4 Å². The average Bonchev–Trinajstić information content (AvgIpc) is 2.85. The number of carbonyl (C=O) groups excluding carboxylic acids is 1. The molecule has 4 N–H and O–H groups in total. The predicted octanol–water partition coefficient (Wildman–Crippen LogP) is 0.679. The number of amides is 2. The lowest BCUT2D eigenvalue weighted by Crippen LogP contribution is -2.42. The third kappa shape index (κ3) is 3.62. The van der Waals surface area contributed by atoms with E-state index < -0.39 is 30.2 Å². The van der Waals surface area contributed by atoms with Gasteiger partial charge in [0.25, 0.3) is 5.69 Å². The Hall–Kier alpha value is -2.30. The Morgan fingerprint density at radius 2 is 2.14 bits per heavy atom. The molecule has 9 nitrogen and oxygen atoms in total. The van der Waals surface area contributed by atoms with Gasteiger partial charge in [-0.05, 0) is 6.07 Å². The smallest absolute Gasteiger partial charge is 0.321 e. The molecule has 0 atom stereocenters. The highest BCUT2D eigenvalue weighted by molar-refractivity contribution is 7.22. The molecule has 0 spiro atoms. The Kier molecular flexibility index (Phi) is 4.62. The standard InChI is InChI=1S/C11H12N4O5S/c16-4-6(5-17)12-10(18)14-11-13-8-2-1-7(15(19)20)3-9(8)21-11/h1-3,6,16-17H,4-5H2,(H2,12,13,14,18). The second kappa shape index (κ2) is 6.43. The highest BCUT2D eigenvalue weighted by Crippen LogP contribution is 2.28. The van der Waals surface area contributed by atoms with Gasteiger partial charge >= 0.3 is 6.03 Å². The van der Waals surface area contributed by atoms with Crippen LogP contribution in [0.4, 0.5) is 15.6 Å². The zero-order valence-electron chi connectivity index (χ0n) is 10.6. The molecule has 0 aliphatic rings. The first kappa shape index (κ1) is 15.1. The van der Waals surface area contributed by atoms with Gasteiger partial charge in [-0.3, -0.25) is 15.4 Å². The van der Waals surface area contributed by atoms with Crippen LogP contribution in [0.1, 0.15) is 0 Å². The summed E-state index contributed by atoms with van der Waals surface area (Å²) in [6.45, 7) is -0.786. The van der Waals surface area contributed by atoms with Crippen molar-refractivity contribution in [2.75, 3.05) is 18.5 Å². The van der Waals surface area contributed by atoms with Crippen molar-refractivity contribution in [3.05, 3.63) is 28.3 Å². The molecule has 0 radical (unpaired) electrons.